The topological polar surface area (TPSA) is 155 Å². The lowest BCUT2D eigenvalue weighted by Gasteiger charge is -2.25. The number of hydrogen-bond donors (Lipinski definition) is 5. The molecule has 10 heteroatoms. The summed E-state index contributed by atoms with van der Waals surface area (Å²) in [6, 6.07) is 12.6. The molecule has 0 spiro atoms. The second-order valence-corrected chi connectivity index (χ2v) is 9.74. The number of rotatable bonds is 11. The van der Waals surface area contributed by atoms with Crippen molar-refractivity contribution in [3.8, 4) is 34.5 Å². The third-order valence-corrected chi connectivity index (χ3v) is 7.35. The van der Waals surface area contributed by atoms with E-state index in [1.807, 2.05) is 0 Å². The maximum Gasteiger partial charge on any atom is 0.164 e. The van der Waals surface area contributed by atoms with Gasteiger partial charge in [-0.2, -0.15) is 0 Å². The van der Waals surface area contributed by atoms with E-state index in [9.17, 15) is 30.3 Å². The normalized spacial score (nSPS) is 18.4. The highest BCUT2D eigenvalue weighted by Crippen LogP contribution is 2.43. The SMILES string of the molecule is COc1cc(CC2OCC(=O)[C@@H]2Cc2cc(OC)c(O)c(C(CO)C(O)c3ccc(O)c(OC)c3)c2)ccc1O. The number of carbonyl (C=O) groups excluding carboxylic acids is 1. The van der Waals surface area contributed by atoms with Gasteiger partial charge in [0.25, 0.3) is 0 Å². The van der Waals surface area contributed by atoms with Gasteiger partial charge in [-0.1, -0.05) is 18.2 Å². The smallest absolute Gasteiger partial charge is 0.164 e. The van der Waals surface area contributed by atoms with Crippen LogP contribution in [0.4, 0.5) is 0 Å². The molecular weight excluding hydrogens is 520 g/mol. The summed E-state index contributed by atoms with van der Waals surface area (Å²) < 4.78 is 21.5. The molecular formula is C30H34O10. The van der Waals surface area contributed by atoms with Crippen LogP contribution in [-0.4, -0.2) is 72.0 Å². The molecule has 10 nitrogen and oxygen atoms in total. The molecule has 1 aliphatic rings. The second-order valence-electron chi connectivity index (χ2n) is 9.74. The molecule has 1 aliphatic heterocycles. The van der Waals surface area contributed by atoms with Gasteiger partial charge < -0.3 is 44.5 Å². The quantitative estimate of drug-likeness (QED) is 0.239. The minimum atomic E-state index is -1.26. The van der Waals surface area contributed by atoms with Crippen molar-refractivity contribution < 1.29 is 49.3 Å². The van der Waals surface area contributed by atoms with Crippen molar-refractivity contribution in [1.82, 2.24) is 0 Å². The molecule has 214 valence electrons. The highest BCUT2D eigenvalue weighted by atomic mass is 16.5. The number of ether oxygens (including phenoxy) is 4. The zero-order valence-corrected chi connectivity index (χ0v) is 22.5. The number of carbonyl (C=O) groups is 1. The van der Waals surface area contributed by atoms with Crippen molar-refractivity contribution >= 4 is 5.78 Å². The summed E-state index contributed by atoms with van der Waals surface area (Å²) in [5.74, 6) is -1.24. The molecule has 3 aromatic rings. The zero-order valence-electron chi connectivity index (χ0n) is 22.5. The Morgan fingerprint density at radius 1 is 0.850 bits per heavy atom. The Labute approximate surface area is 232 Å². The zero-order chi connectivity index (χ0) is 29.0. The monoisotopic (exact) mass is 554 g/mol. The Balaban J connectivity index is 1.63. The summed E-state index contributed by atoms with van der Waals surface area (Å²) in [5.41, 5.74) is 2.08. The van der Waals surface area contributed by atoms with E-state index < -0.39 is 30.7 Å². The van der Waals surface area contributed by atoms with E-state index >= 15 is 0 Å². The van der Waals surface area contributed by atoms with Crippen LogP contribution in [0.25, 0.3) is 0 Å². The van der Waals surface area contributed by atoms with Crippen molar-refractivity contribution in [3.05, 3.63) is 70.8 Å². The molecule has 0 bridgehead atoms. The number of Topliss-reactive ketones (excluding diaryl/α,β-unsaturated/α-hetero) is 1. The van der Waals surface area contributed by atoms with E-state index in [2.05, 4.69) is 0 Å². The number of aromatic hydroxyl groups is 3. The predicted octanol–water partition coefficient (Wildman–Crippen LogP) is 3.01. The standard InChI is InChI=1S/C30H34O10/c1-37-26-11-16(4-6-22(26)32)10-25-20(24(34)15-40-25)9-17-8-19(30(36)28(12-17)39-3)21(14-31)29(35)18-5-7-23(33)27(13-18)38-2/h4-8,11-13,20-21,25,29,31-33,35-36H,9-10,14-15H2,1-3H3/t20-,21?,25?,29?/m0/s1. The molecule has 0 saturated carbocycles. The third-order valence-electron chi connectivity index (χ3n) is 7.35. The van der Waals surface area contributed by atoms with Crippen LogP contribution in [0, 0.1) is 5.92 Å². The molecule has 0 radical (unpaired) electrons. The van der Waals surface area contributed by atoms with Crippen molar-refractivity contribution in [1.29, 1.82) is 0 Å². The summed E-state index contributed by atoms with van der Waals surface area (Å²) in [4.78, 5) is 12.9. The van der Waals surface area contributed by atoms with Gasteiger partial charge in [0.15, 0.2) is 40.3 Å². The van der Waals surface area contributed by atoms with Gasteiger partial charge in [0, 0.05) is 11.5 Å². The third kappa shape index (κ3) is 5.94. The Kier molecular flexibility index (Phi) is 9.03. The molecule has 4 rings (SSSR count). The molecule has 3 aromatic carbocycles. The van der Waals surface area contributed by atoms with E-state index in [1.54, 1.807) is 24.3 Å². The fourth-order valence-corrected chi connectivity index (χ4v) is 5.13. The molecule has 1 fully saturated rings. The molecule has 40 heavy (non-hydrogen) atoms. The fraction of sp³-hybridized carbons (Fsp3) is 0.367. The minimum absolute atomic E-state index is 0.0151. The maximum atomic E-state index is 12.9. The largest absolute Gasteiger partial charge is 0.504 e. The molecule has 4 atom stereocenters. The molecule has 0 aromatic heterocycles. The van der Waals surface area contributed by atoms with Crippen molar-refractivity contribution in [3.63, 3.8) is 0 Å². The van der Waals surface area contributed by atoms with Crippen LogP contribution in [0.3, 0.4) is 0 Å². The fourth-order valence-electron chi connectivity index (χ4n) is 5.13. The molecule has 5 N–H and O–H groups in total. The van der Waals surface area contributed by atoms with Gasteiger partial charge in [0.1, 0.15) is 6.61 Å². The van der Waals surface area contributed by atoms with Crippen molar-refractivity contribution in [2.45, 2.75) is 31.0 Å². The lowest BCUT2D eigenvalue weighted by Crippen LogP contribution is -2.25. The summed E-state index contributed by atoms with van der Waals surface area (Å²) in [5, 5.41) is 52.2. The number of aliphatic hydroxyl groups excluding tert-OH is 2. The molecule has 3 unspecified atom stereocenters. The molecule has 0 aliphatic carbocycles. The molecule has 1 heterocycles. The molecule has 1 saturated heterocycles. The van der Waals surface area contributed by atoms with Crippen LogP contribution in [0.1, 0.15) is 34.3 Å². The summed E-state index contributed by atoms with van der Waals surface area (Å²) in [6.07, 6.45) is -1.02. The number of ketones is 1. The second kappa shape index (κ2) is 12.5. The summed E-state index contributed by atoms with van der Waals surface area (Å²) in [6.45, 7) is -0.547. The lowest BCUT2D eigenvalue weighted by molar-refractivity contribution is -0.120. The van der Waals surface area contributed by atoms with Crippen LogP contribution in [0.15, 0.2) is 48.5 Å². The Bertz CT molecular complexity index is 1350. The number of hydrogen-bond acceptors (Lipinski definition) is 10. The van der Waals surface area contributed by atoms with Gasteiger partial charge in [0.2, 0.25) is 0 Å². The maximum absolute atomic E-state index is 12.9. The van der Waals surface area contributed by atoms with E-state index in [0.717, 1.165) is 5.56 Å². The minimum Gasteiger partial charge on any atom is -0.504 e. The lowest BCUT2D eigenvalue weighted by atomic mass is 9.85. The van der Waals surface area contributed by atoms with Crippen molar-refractivity contribution in [2.75, 3.05) is 34.5 Å². The number of phenolic OH excluding ortho intramolecular Hbond substituents is 3. The van der Waals surface area contributed by atoms with Crippen LogP contribution in [0.2, 0.25) is 0 Å². The molecule has 0 amide bonds. The number of aliphatic hydroxyl groups is 2. The predicted molar refractivity (Wildman–Crippen MR) is 144 cm³/mol. The van der Waals surface area contributed by atoms with E-state index in [4.69, 9.17) is 18.9 Å². The number of phenols is 3. The average molecular weight is 555 g/mol. The van der Waals surface area contributed by atoms with E-state index in [0.29, 0.717) is 23.3 Å². The van der Waals surface area contributed by atoms with Crippen LogP contribution in [0.5, 0.6) is 34.5 Å². The first-order valence-corrected chi connectivity index (χ1v) is 12.8. The summed E-state index contributed by atoms with van der Waals surface area (Å²) in [7, 11) is 4.23. The van der Waals surface area contributed by atoms with E-state index in [1.165, 1.54) is 45.6 Å². The first-order valence-electron chi connectivity index (χ1n) is 12.8. The van der Waals surface area contributed by atoms with Gasteiger partial charge in [-0.25, -0.2) is 0 Å². The van der Waals surface area contributed by atoms with Gasteiger partial charge >= 0.3 is 0 Å². The highest BCUT2D eigenvalue weighted by Gasteiger charge is 2.37. The van der Waals surface area contributed by atoms with Crippen LogP contribution >= 0.6 is 0 Å². The van der Waals surface area contributed by atoms with E-state index in [-0.39, 0.29) is 53.1 Å². The number of methoxy groups -OCH3 is 3. The van der Waals surface area contributed by atoms with Gasteiger partial charge in [-0.05, 0) is 59.9 Å². The first-order chi connectivity index (χ1) is 19.2. The van der Waals surface area contributed by atoms with Crippen molar-refractivity contribution in [2.24, 2.45) is 5.92 Å². The Morgan fingerprint density at radius 2 is 1.48 bits per heavy atom. The van der Waals surface area contributed by atoms with Crippen LogP contribution in [-0.2, 0) is 22.4 Å². The van der Waals surface area contributed by atoms with Gasteiger partial charge in [-0.15, -0.1) is 0 Å². The Hall–Kier alpha value is -3.99. The van der Waals surface area contributed by atoms with Crippen LogP contribution < -0.4 is 14.2 Å². The summed E-state index contributed by atoms with van der Waals surface area (Å²) >= 11 is 0. The highest BCUT2D eigenvalue weighted by molar-refractivity contribution is 5.85. The van der Waals surface area contributed by atoms with Gasteiger partial charge in [0.05, 0.1) is 46.1 Å². The first kappa shape index (κ1) is 29.0. The number of benzene rings is 3. The average Bonchev–Trinajstić information content (AvgIpc) is 3.29. The Morgan fingerprint density at radius 3 is 2.12 bits per heavy atom. The van der Waals surface area contributed by atoms with Gasteiger partial charge in [-0.3, -0.25) is 4.79 Å².